The Bertz CT molecular complexity index is 504. The van der Waals surface area contributed by atoms with E-state index in [1.165, 1.54) is 19.4 Å². The fourth-order valence-corrected chi connectivity index (χ4v) is 3.85. The molecule has 2 saturated heterocycles. The van der Waals surface area contributed by atoms with Gasteiger partial charge < -0.3 is 10.1 Å². The van der Waals surface area contributed by atoms with Crippen LogP contribution in [0.4, 0.5) is 0 Å². The van der Waals surface area contributed by atoms with Crippen molar-refractivity contribution in [2.75, 3.05) is 26.7 Å². The Morgan fingerprint density at radius 1 is 1.52 bits per heavy atom. The fraction of sp³-hybridized carbons (Fsp3) is 0.800. The number of halogens is 1. The van der Waals surface area contributed by atoms with Crippen molar-refractivity contribution in [1.29, 1.82) is 0 Å². The Kier molecular flexibility index (Phi) is 4.54. The number of hydrogen-bond acceptors (Lipinski definition) is 4. The van der Waals surface area contributed by atoms with Crippen LogP contribution in [-0.2, 0) is 18.2 Å². The van der Waals surface area contributed by atoms with Gasteiger partial charge in [0.2, 0.25) is 0 Å². The first kappa shape index (κ1) is 15.3. The standard InChI is InChI=1S/C15H25ClN4O/c1-10-15(16)13(19(3)18-10)7-12(17-2)14-8-20-6-4-5-11(20)9-21-14/h11-12,14,17H,4-9H2,1-3H3. The first-order valence-corrected chi connectivity index (χ1v) is 8.18. The number of nitrogens with one attached hydrogen (secondary N) is 1. The van der Waals surface area contributed by atoms with Crippen LogP contribution in [0.15, 0.2) is 0 Å². The molecule has 3 unspecified atom stereocenters. The van der Waals surface area contributed by atoms with E-state index in [1.807, 2.05) is 25.7 Å². The van der Waals surface area contributed by atoms with Gasteiger partial charge >= 0.3 is 0 Å². The van der Waals surface area contributed by atoms with Crippen molar-refractivity contribution in [1.82, 2.24) is 20.0 Å². The van der Waals surface area contributed by atoms with Crippen molar-refractivity contribution < 1.29 is 4.74 Å². The minimum Gasteiger partial charge on any atom is -0.374 e. The molecular formula is C15H25ClN4O. The number of aryl methyl sites for hydroxylation is 2. The largest absolute Gasteiger partial charge is 0.374 e. The van der Waals surface area contributed by atoms with Gasteiger partial charge in [-0.3, -0.25) is 9.58 Å². The average molecular weight is 313 g/mol. The summed E-state index contributed by atoms with van der Waals surface area (Å²) in [7, 11) is 3.96. The zero-order valence-electron chi connectivity index (χ0n) is 13.1. The summed E-state index contributed by atoms with van der Waals surface area (Å²) < 4.78 is 8.02. The Labute approximate surface area is 131 Å². The van der Waals surface area contributed by atoms with E-state index in [-0.39, 0.29) is 12.1 Å². The van der Waals surface area contributed by atoms with Crippen LogP contribution in [-0.4, -0.2) is 59.6 Å². The molecule has 0 radical (unpaired) electrons. The molecule has 5 nitrogen and oxygen atoms in total. The highest BCUT2D eigenvalue weighted by atomic mass is 35.5. The molecule has 2 fully saturated rings. The maximum absolute atomic E-state index is 6.38. The lowest BCUT2D eigenvalue weighted by atomic mass is 10.0. The molecule has 0 bridgehead atoms. The number of nitrogens with zero attached hydrogens (tertiary/aromatic N) is 3. The van der Waals surface area contributed by atoms with E-state index in [0.717, 1.165) is 36.0 Å². The predicted octanol–water partition coefficient (Wildman–Crippen LogP) is 1.38. The summed E-state index contributed by atoms with van der Waals surface area (Å²) in [6.45, 7) is 5.05. The molecule has 1 aromatic rings. The maximum atomic E-state index is 6.38. The summed E-state index contributed by atoms with van der Waals surface area (Å²) in [6.07, 6.45) is 3.65. The van der Waals surface area contributed by atoms with Crippen LogP contribution in [0.5, 0.6) is 0 Å². The van der Waals surface area contributed by atoms with E-state index in [1.54, 1.807) is 0 Å². The summed E-state index contributed by atoms with van der Waals surface area (Å²) in [4.78, 5) is 2.58. The predicted molar refractivity (Wildman–Crippen MR) is 83.8 cm³/mol. The molecule has 2 aliphatic rings. The molecule has 21 heavy (non-hydrogen) atoms. The Hall–Kier alpha value is -0.620. The molecule has 1 N–H and O–H groups in total. The van der Waals surface area contributed by atoms with Crippen LogP contribution >= 0.6 is 11.6 Å². The van der Waals surface area contributed by atoms with E-state index in [0.29, 0.717) is 6.04 Å². The van der Waals surface area contributed by atoms with Gasteiger partial charge in [0.1, 0.15) is 0 Å². The molecule has 0 aliphatic carbocycles. The maximum Gasteiger partial charge on any atom is 0.0859 e. The third-order valence-electron chi connectivity index (χ3n) is 4.91. The molecule has 0 amide bonds. The van der Waals surface area contributed by atoms with Crippen molar-refractivity contribution in [2.24, 2.45) is 7.05 Å². The van der Waals surface area contributed by atoms with Gasteiger partial charge in [-0.25, -0.2) is 0 Å². The second-order valence-electron chi connectivity index (χ2n) is 6.23. The van der Waals surface area contributed by atoms with Gasteiger partial charge in [0.05, 0.1) is 29.1 Å². The van der Waals surface area contributed by atoms with Crippen molar-refractivity contribution in [3.8, 4) is 0 Å². The molecule has 0 aromatic carbocycles. The van der Waals surface area contributed by atoms with Crippen molar-refractivity contribution >= 4 is 11.6 Å². The number of ether oxygens (including phenoxy) is 1. The summed E-state index contributed by atoms with van der Waals surface area (Å²) in [5.41, 5.74) is 1.98. The normalized spacial score (nSPS) is 27.8. The summed E-state index contributed by atoms with van der Waals surface area (Å²) in [5.74, 6) is 0. The first-order chi connectivity index (χ1) is 10.1. The first-order valence-electron chi connectivity index (χ1n) is 7.81. The van der Waals surface area contributed by atoms with Gasteiger partial charge in [0, 0.05) is 32.1 Å². The lowest BCUT2D eigenvalue weighted by molar-refractivity contribution is -0.0636. The minimum atomic E-state index is 0.218. The number of fused-ring (bicyclic) bond motifs is 1. The van der Waals surface area contributed by atoms with Gasteiger partial charge in [-0.2, -0.15) is 5.10 Å². The van der Waals surface area contributed by atoms with E-state index in [9.17, 15) is 0 Å². The molecule has 0 saturated carbocycles. The van der Waals surface area contributed by atoms with Crippen LogP contribution < -0.4 is 5.32 Å². The molecule has 2 aliphatic heterocycles. The average Bonchev–Trinajstić information content (AvgIpc) is 3.03. The minimum absolute atomic E-state index is 0.218. The summed E-state index contributed by atoms with van der Waals surface area (Å²) in [5, 5.41) is 8.60. The Morgan fingerprint density at radius 2 is 2.33 bits per heavy atom. The quantitative estimate of drug-likeness (QED) is 0.912. The zero-order valence-corrected chi connectivity index (χ0v) is 13.9. The third-order valence-corrected chi connectivity index (χ3v) is 5.40. The lowest BCUT2D eigenvalue weighted by Crippen LogP contribution is -2.54. The van der Waals surface area contributed by atoms with Gasteiger partial charge in [0.25, 0.3) is 0 Å². The zero-order chi connectivity index (χ0) is 15.0. The summed E-state index contributed by atoms with van der Waals surface area (Å²) in [6, 6.07) is 0.903. The molecule has 3 heterocycles. The van der Waals surface area contributed by atoms with Crippen LogP contribution in [0.25, 0.3) is 0 Å². The van der Waals surface area contributed by atoms with Gasteiger partial charge in [-0.05, 0) is 33.4 Å². The lowest BCUT2D eigenvalue weighted by Gasteiger charge is -2.38. The van der Waals surface area contributed by atoms with Gasteiger partial charge in [-0.15, -0.1) is 0 Å². The van der Waals surface area contributed by atoms with Crippen LogP contribution in [0.2, 0.25) is 5.02 Å². The van der Waals surface area contributed by atoms with Crippen molar-refractivity contribution in [2.45, 2.75) is 44.4 Å². The molecular weight excluding hydrogens is 288 g/mol. The Balaban J connectivity index is 1.70. The number of rotatable bonds is 4. The van der Waals surface area contributed by atoms with Crippen LogP contribution in [0.1, 0.15) is 24.2 Å². The Morgan fingerprint density at radius 3 is 3.00 bits per heavy atom. The van der Waals surface area contributed by atoms with E-state index >= 15 is 0 Å². The topological polar surface area (TPSA) is 42.3 Å². The molecule has 0 spiro atoms. The number of likely N-dealkylation sites (N-methyl/N-ethyl adjacent to an activating group) is 1. The monoisotopic (exact) mass is 312 g/mol. The van der Waals surface area contributed by atoms with E-state index in [2.05, 4.69) is 15.3 Å². The van der Waals surface area contributed by atoms with Crippen molar-refractivity contribution in [3.63, 3.8) is 0 Å². The highest BCUT2D eigenvalue weighted by Gasteiger charge is 2.35. The van der Waals surface area contributed by atoms with E-state index in [4.69, 9.17) is 16.3 Å². The van der Waals surface area contributed by atoms with Crippen LogP contribution in [0.3, 0.4) is 0 Å². The highest BCUT2D eigenvalue weighted by Crippen LogP contribution is 2.26. The smallest absolute Gasteiger partial charge is 0.0859 e. The molecule has 3 atom stereocenters. The van der Waals surface area contributed by atoms with Gasteiger partial charge in [-0.1, -0.05) is 11.6 Å². The van der Waals surface area contributed by atoms with Crippen LogP contribution in [0, 0.1) is 6.92 Å². The second kappa shape index (κ2) is 6.24. The number of hydrogen-bond donors (Lipinski definition) is 1. The highest BCUT2D eigenvalue weighted by molar-refractivity contribution is 6.31. The van der Waals surface area contributed by atoms with E-state index < -0.39 is 0 Å². The fourth-order valence-electron chi connectivity index (χ4n) is 3.62. The SMILES string of the molecule is CNC(Cc1c(Cl)c(C)nn1C)C1CN2CCCC2CO1. The molecule has 6 heteroatoms. The number of morpholine rings is 1. The third kappa shape index (κ3) is 2.97. The number of aromatic nitrogens is 2. The summed E-state index contributed by atoms with van der Waals surface area (Å²) >= 11 is 6.38. The molecule has 118 valence electrons. The second-order valence-corrected chi connectivity index (χ2v) is 6.61. The molecule has 3 rings (SSSR count). The van der Waals surface area contributed by atoms with Crippen molar-refractivity contribution in [3.05, 3.63) is 16.4 Å². The van der Waals surface area contributed by atoms with Gasteiger partial charge in [0.15, 0.2) is 0 Å². The molecule has 1 aromatic heterocycles.